The lowest BCUT2D eigenvalue weighted by atomic mass is 10.1. The van der Waals surface area contributed by atoms with Crippen molar-refractivity contribution in [3.05, 3.63) is 60.2 Å². The van der Waals surface area contributed by atoms with E-state index in [1.807, 2.05) is 50.2 Å². The van der Waals surface area contributed by atoms with Gasteiger partial charge in [0.2, 0.25) is 17.6 Å². The van der Waals surface area contributed by atoms with Gasteiger partial charge in [0.25, 0.3) is 0 Å². The average molecular weight is 366 g/mol. The molecule has 3 rings (SSSR count). The van der Waals surface area contributed by atoms with Crippen molar-refractivity contribution < 1.29 is 14.1 Å². The molecule has 1 unspecified atom stereocenters. The zero-order valence-electron chi connectivity index (χ0n) is 15.4. The Morgan fingerprint density at radius 2 is 1.93 bits per heavy atom. The summed E-state index contributed by atoms with van der Waals surface area (Å²) >= 11 is 0. The number of carbonyl (C=O) groups excluding carboxylic acids is 1. The molecule has 1 amide bonds. The molecule has 0 aliphatic heterocycles. The molecule has 1 atom stereocenters. The van der Waals surface area contributed by atoms with Crippen molar-refractivity contribution in [1.82, 2.24) is 20.4 Å². The Morgan fingerprint density at radius 1 is 1.19 bits per heavy atom. The molecular weight excluding hydrogens is 344 g/mol. The second-order valence-electron chi connectivity index (χ2n) is 6.04. The number of amides is 1. The first-order valence-electron chi connectivity index (χ1n) is 8.91. The van der Waals surface area contributed by atoms with Crippen molar-refractivity contribution in [1.29, 1.82) is 0 Å². The molecule has 0 aliphatic carbocycles. The largest absolute Gasteiger partial charge is 0.494 e. The van der Waals surface area contributed by atoms with Crippen molar-refractivity contribution in [3.63, 3.8) is 0 Å². The molecule has 0 aliphatic rings. The average Bonchev–Trinajstić information content (AvgIpc) is 3.17. The van der Waals surface area contributed by atoms with E-state index in [2.05, 4.69) is 20.4 Å². The van der Waals surface area contributed by atoms with Crippen LogP contribution in [0.5, 0.6) is 5.75 Å². The van der Waals surface area contributed by atoms with Gasteiger partial charge < -0.3 is 14.6 Å². The van der Waals surface area contributed by atoms with E-state index in [0.717, 1.165) is 16.9 Å². The van der Waals surface area contributed by atoms with Crippen molar-refractivity contribution in [2.75, 3.05) is 6.61 Å². The Labute approximate surface area is 157 Å². The van der Waals surface area contributed by atoms with Gasteiger partial charge in [-0.2, -0.15) is 4.98 Å². The normalized spacial score (nSPS) is 11.8. The highest BCUT2D eigenvalue weighted by Crippen LogP contribution is 2.20. The van der Waals surface area contributed by atoms with Gasteiger partial charge in [-0.25, -0.2) is 0 Å². The van der Waals surface area contributed by atoms with Crippen LogP contribution in [0.4, 0.5) is 0 Å². The predicted octanol–water partition coefficient (Wildman–Crippen LogP) is 3.34. The van der Waals surface area contributed by atoms with Gasteiger partial charge in [-0.15, -0.1) is 0 Å². The van der Waals surface area contributed by atoms with Gasteiger partial charge in [-0.05, 0) is 55.8 Å². The first-order valence-corrected chi connectivity index (χ1v) is 8.91. The van der Waals surface area contributed by atoms with Crippen LogP contribution in [-0.4, -0.2) is 27.6 Å². The van der Waals surface area contributed by atoms with E-state index >= 15 is 0 Å². The van der Waals surface area contributed by atoms with Gasteiger partial charge >= 0.3 is 0 Å². The summed E-state index contributed by atoms with van der Waals surface area (Å²) in [5.41, 5.74) is 1.85. The number of carbonyl (C=O) groups is 1. The highest BCUT2D eigenvalue weighted by molar-refractivity contribution is 5.76. The summed E-state index contributed by atoms with van der Waals surface area (Å²) in [7, 11) is 0. The smallest absolute Gasteiger partial charge is 0.227 e. The number of aromatic nitrogens is 3. The minimum absolute atomic E-state index is 0.0693. The Balaban J connectivity index is 1.52. The number of hydrogen-bond donors (Lipinski definition) is 1. The van der Waals surface area contributed by atoms with Crippen LogP contribution in [0.2, 0.25) is 0 Å². The lowest BCUT2D eigenvalue weighted by molar-refractivity contribution is -0.121. The number of nitrogens with zero attached hydrogens (tertiary/aromatic N) is 3. The summed E-state index contributed by atoms with van der Waals surface area (Å²) in [6.07, 6.45) is 4.08. The van der Waals surface area contributed by atoms with Gasteiger partial charge in [-0.3, -0.25) is 9.78 Å². The lowest BCUT2D eigenvalue weighted by Gasteiger charge is -2.13. The summed E-state index contributed by atoms with van der Waals surface area (Å²) in [6, 6.07) is 11.2. The number of rotatable bonds is 8. The zero-order valence-corrected chi connectivity index (χ0v) is 15.4. The van der Waals surface area contributed by atoms with Crippen molar-refractivity contribution >= 4 is 5.91 Å². The molecular formula is C20H22N4O3. The maximum atomic E-state index is 12.1. The SMILES string of the molecule is CCOc1ccc(-c2noc(CCC(=O)NC(C)c3ccncc3)n2)cc1. The van der Waals surface area contributed by atoms with Gasteiger partial charge in [0.05, 0.1) is 12.6 Å². The third kappa shape index (κ3) is 5.13. The molecule has 0 saturated heterocycles. The second-order valence-corrected chi connectivity index (χ2v) is 6.04. The number of pyridine rings is 1. The van der Waals surface area contributed by atoms with E-state index < -0.39 is 0 Å². The molecule has 7 heteroatoms. The van der Waals surface area contributed by atoms with Crippen LogP contribution in [-0.2, 0) is 11.2 Å². The van der Waals surface area contributed by atoms with Crippen LogP contribution in [0, 0.1) is 0 Å². The summed E-state index contributed by atoms with van der Waals surface area (Å²) in [6.45, 7) is 4.49. The quantitative estimate of drug-likeness (QED) is 0.657. The molecule has 3 aromatic rings. The molecule has 0 fully saturated rings. The lowest BCUT2D eigenvalue weighted by Crippen LogP contribution is -2.26. The molecule has 2 aromatic heterocycles. The van der Waals surface area contributed by atoms with Crippen LogP contribution in [0.1, 0.15) is 37.8 Å². The Hall–Kier alpha value is -3.22. The maximum absolute atomic E-state index is 12.1. The van der Waals surface area contributed by atoms with Gasteiger partial charge in [-0.1, -0.05) is 5.16 Å². The summed E-state index contributed by atoms with van der Waals surface area (Å²) in [4.78, 5) is 20.5. The Morgan fingerprint density at radius 3 is 2.63 bits per heavy atom. The van der Waals surface area contributed by atoms with E-state index in [-0.39, 0.29) is 18.4 Å². The van der Waals surface area contributed by atoms with Crippen LogP contribution >= 0.6 is 0 Å². The van der Waals surface area contributed by atoms with Crippen LogP contribution in [0.15, 0.2) is 53.3 Å². The topological polar surface area (TPSA) is 90.1 Å². The monoisotopic (exact) mass is 366 g/mol. The van der Waals surface area contributed by atoms with Crippen molar-refractivity contribution in [3.8, 4) is 17.1 Å². The Kier molecular flexibility index (Phi) is 6.14. The Bertz CT molecular complexity index is 862. The minimum Gasteiger partial charge on any atom is -0.494 e. The fourth-order valence-corrected chi connectivity index (χ4v) is 2.61. The highest BCUT2D eigenvalue weighted by atomic mass is 16.5. The van der Waals surface area contributed by atoms with Crippen LogP contribution in [0.25, 0.3) is 11.4 Å². The third-order valence-electron chi connectivity index (χ3n) is 4.04. The first-order chi connectivity index (χ1) is 13.2. The summed E-state index contributed by atoms with van der Waals surface area (Å²) in [5.74, 6) is 1.66. The van der Waals surface area contributed by atoms with Crippen LogP contribution in [0.3, 0.4) is 0 Å². The molecule has 0 bridgehead atoms. The minimum atomic E-state index is -0.0809. The van der Waals surface area contributed by atoms with E-state index in [4.69, 9.17) is 9.26 Å². The maximum Gasteiger partial charge on any atom is 0.227 e. The van der Waals surface area contributed by atoms with E-state index in [1.165, 1.54) is 0 Å². The highest BCUT2D eigenvalue weighted by Gasteiger charge is 2.13. The van der Waals surface area contributed by atoms with E-state index in [9.17, 15) is 4.79 Å². The standard InChI is InChI=1S/C20H22N4O3/c1-3-26-17-6-4-16(5-7-17)20-23-19(27-24-20)9-8-18(25)22-14(2)15-10-12-21-13-11-15/h4-7,10-14H,3,8-9H2,1-2H3,(H,22,25). The first kappa shape index (κ1) is 18.6. The summed E-state index contributed by atoms with van der Waals surface area (Å²) < 4.78 is 10.7. The number of aryl methyl sites for hydroxylation is 1. The summed E-state index contributed by atoms with van der Waals surface area (Å²) in [5, 5.41) is 6.94. The number of nitrogens with one attached hydrogen (secondary N) is 1. The predicted molar refractivity (Wildman–Crippen MR) is 100 cm³/mol. The fourth-order valence-electron chi connectivity index (χ4n) is 2.61. The molecule has 0 saturated carbocycles. The second kappa shape index (κ2) is 8.93. The fraction of sp³-hybridized carbons (Fsp3) is 0.300. The van der Waals surface area contributed by atoms with Gasteiger partial charge in [0.1, 0.15) is 5.75 Å². The number of hydrogen-bond acceptors (Lipinski definition) is 6. The molecule has 1 aromatic carbocycles. The van der Waals surface area contributed by atoms with Gasteiger partial charge in [0, 0.05) is 30.8 Å². The zero-order chi connectivity index (χ0) is 19.1. The van der Waals surface area contributed by atoms with E-state index in [0.29, 0.717) is 24.7 Å². The molecule has 140 valence electrons. The van der Waals surface area contributed by atoms with Crippen LogP contribution < -0.4 is 10.1 Å². The molecule has 0 spiro atoms. The molecule has 7 nitrogen and oxygen atoms in total. The third-order valence-corrected chi connectivity index (χ3v) is 4.04. The molecule has 0 radical (unpaired) electrons. The van der Waals surface area contributed by atoms with E-state index in [1.54, 1.807) is 12.4 Å². The molecule has 1 N–H and O–H groups in total. The number of ether oxygens (including phenoxy) is 1. The van der Waals surface area contributed by atoms with Crippen molar-refractivity contribution in [2.45, 2.75) is 32.7 Å². The number of benzene rings is 1. The molecule has 27 heavy (non-hydrogen) atoms. The molecule has 2 heterocycles. The van der Waals surface area contributed by atoms with Gasteiger partial charge in [0.15, 0.2) is 0 Å². The van der Waals surface area contributed by atoms with Crippen molar-refractivity contribution in [2.24, 2.45) is 0 Å².